The topological polar surface area (TPSA) is 108 Å². The Morgan fingerprint density at radius 2 is 1.28 bits per heavy atom. The number of aliphatic carboxylic acids is 2. The molecule has 0 bridgehead atoms. The molecule has 0 saturated heterocycles. The summed E-state index contributed by atoms with van der Waals surface area (Å²) in [5.41, 5.74) is 0. The fraction of sp³-hybridized carbons (Fsp3) is 0.600. The van der Waals surface area contributed by atoms with Gasteiger partial charge in [0.05, 0.1) is 12.8 Å². The number of nitrogens with zero attached hydrogens (tertiary/aromatic N) is 4. The number of carboxylic acids is 2. The molecular weight excluding hydrogens is 240 g/mol. The molecule has 0 aliphatic carbocycles. The lowest BCUT2D eigenvalue weighted by molar-refractivity contribution is -0.140. The highest BCUT2D eigenvalue weighted by Gasteiger charge is 2.21. The van der Waals surface area contributed by atoms with Crippen LogP contribution >= 0.6 is 0 Å². The summed E-state index contributed by atoms with van der Waals surface area (Å²) in [6.45, 7) is 13.1. The summed E-state index contributed by atoms with van der Waals surface area (Å²) in [4.78, 5) is 27.5. The van der Waals surface area contributed by atoms with E-state index in [1.165, 1.54) is 0 Å². The average molecular weight is 252 g/mol. The van der Waals surface area contributed by atoms with E-state index in [0.29, 0.717) is 0 Å². The highest BCUT2D eigenvalue weighted by molar-refractivity contribution is 5.74. The molecule has 96 valence electrons. The van der Waals surface area contributed by atoms with Crippen LogP contribution in [-0.4, -0.2) is 47.3 Å². The Kier molecular flexibility index (Phi) is 7.46. The second-order valence-corrected chi connectivity index (χ2v) is 3.28. The normalized spacial score (nSPS) is 13.4. The zero-order valence-corrected chi connectivity index (χ0v) is 9.48. The van der Waals surface area contributed by atoms with Crippen LogP contribution in [0.2, 0.25) is 0 Å². The van der Waals surface area contributed by atoms with Gasteiger partial charge in [-0.2, -0.15) is 10.2 Å². The van der Waals surface area contributed by atoms with Gasteiger partial charge in [0, 0.05) is 0 Å². The summed E-state index contributed by atoms with van der Waals surface area (Å²) in [5, 5.41) is 24.4. The molecule has 0 aromatic rings. The number of carbonyl (C=O) groups is 2. The van der Waals surface area contributed by atoms with Crippen LogP contribution < -0.4 is 0 Å². The van der Waals surface area contributed by atoms with Gasteiger partial charge in [0.1, 0.15) is 0 Å². The van der Waals surface area contributed by atoms with Crippen LogP contribution in [0.15, 0.2) is 10.2 Å². The van der Waals surface area contributed by atoms with E-state index < -0.39 is 24.0 Å². The molecule has 0 aliphatic rings. The maximum Gasteiger partial charge on any atom is 0.330 e. The minimum atomic E-state index is -1.25. The van der Waals surface area contributed by atoms with E-state index in [2.05, 4.69) is 19.9 Å². The van der Waals surface area contributed by atoms with Gasteiger partial charge in [0.25, 0.3) is 0 Å². The molecule has 0 aromatic heterocycles. The third kappa shape index (κ3) is 6.18. The summed E-state index contributed by atoms with van der Waals surface area (Å²) in [6.07, 6.45) is -0.0328. The molecule has 2 N–H and O–H groups in total. The van der Waals surface area contributed by atoms with Crippen LogP contribution in [0.1, 0.15) is 12.8 Å². The number of hydrogen-bond acceptors (Lipinski definition) is 4. The van der Waals surface area contributed by atoms with Crippen LogP contribution in [0, 0.1) is 13.1 Å². The zero-order valence-electron chi connectivity index (χ0n) is 9.48. The Bertz CT molecular complexity index is 369. The van der Waals surface area contributed by atoms with E-state index in [1.54, 1.807) is 0 Å². The first kappa shape index (κ1) is 15.5. The predicted octanol–water partition coefficient (Wildman–Crippen LogP) is 0.964. The molecule has 0 saturated carbocycles. The standard InChI is InChI=1S/C10H12N4O4/c1-11-5-3-7(9(15)16)13-14-8(10(17)18)4-6-12-2/h7-8H,3-6H2,(H,15,16)(H,17,18). The van der Waals surface area contributed by atoms with Crippen molar-refractivity contribution < 1.29 is 19.8 Å². The number of rotatable bonds is 8. The third-order valence-electron chi connectivity index (χ3n) is 1.94. The number of hydrogen-bond donors (Lipinski definition) is 2. The Labute approximate surface area is 104 Å². The van der Waals surface area contributed by atoms with E-state index in [1.807, 2.05) is 0 Å². The lowest BCUT2D eigenvalue weighted by Gasteiger charge is -2.04. The van der Waals surface area contributed by atoms with Crippen molar-refractivity contribution in [2.24, 2.45) is 10.2 Å². The Hall–Kier alpha value is -2.48. The van der Waals surface area contributed by atoms with Crippen molar-refractivity contribution in [2.75, 3.05) is 13.1 Å². The Balaban J connectivity index is 4.60. The minimum absolute atomic E-state index is 0.0164. The van der Waals surface area contributed by atoms with E-state index in [0.717, 1.165) is 0 Å². The van der Waals surface area contributed by atoms with Gasteiger partial charge >= 0.3 is 11.9 Å². The summed E-state index contributed by atoms with van der Waals surface area (Å²) in [7, 11) is 0. The SMILES string of the molecule is [C-]#[N+]CCC(N=NC(CC[N+]#[C-])C(=O)O)C(=O)O. The monoisotopic (exact) mass is 252 g/mol. The lowest BCUT2D eigenvalue weighted by atomic mass is 10.2. The fourth-order valence-corrected chi connectivity index (χ4v) is 0.996. The first-order valence-electron chi connectivity index (χ1n) is 5.05. The molecule has 0 radical (unpaired) electrons. The maximum absolute atomic E-state index is 10.7. The van der Waals surface area contributed by atoms with Crippen molar-refractivity contribution >= 4 is 11.9 Å². The first-order chi connectivity index (χ1) is 8.52. The molecule has 0 amide bonds. The van der Waals surface area contributed by atoms with Crippen LogP contribution in [0.4, 0.5) is 0 Å². The molecule has 8 nitrogen and oxygen atoms in total. The van der Waals surface area contributed by atoms with Crippen LogP contribution in [0.25, 0.3) is 9.69 Å². The van der Waals surface area contributed by atoms with Gasteiger partial charge in [-0.3, -0.25) is 0 Å². The van der Waals surface area contributed by atoms with Crippen molar-refractivity contribution in [3.8, 4) is 0 Å². The first-order valence-corrected chi connectivity index (χ1v) is 5.05. The fourth-order valence-electron chi connectivity index (χ4n) is 0.996. The van der Waals surface area contributed by atoms with E-state index >= 15 is 0 Å². The van der Waals surface area contributed by atoms with Gasteiger partial charge in [-0.25, -0.2) is 22.7 Å². The molecule has 8 heteroatoms. The molecule has 2 atom stereocenters. The molecule has 18 heavy (non-hydrogen) atoms. The quantitative estimate of drug-likeness (QED) is 0.495. The smallest absolute Gasteiger partial charge is 0.330 e. The van der Waals surface area contributed by atoms with Crippen molar-refractivity contribution in [1.29, 1.82) is 0 Å². The van der Waals surface area contributed by atoms with Crippen molar-refractivity contribution in [3.63, 3.8) is 0 Å². The average Bonchev–Trinajstić information content (AvgIpc) is 2.31. The van der Waals surface area contributed by atoms with Gasteiger partial charge < -0.3 is 19.9 Å². The molecular formula is C10H12N4O4. The number of azo groups is 1. The molecule has 0 heterocycles. The summed E-state index contributed by atoms with van der Waals surface area (Å²) >= 11 is 0. The van der Waals surface area contributed by atoms with E-state index in [4.69, 9.17) is 23.4 Å². The Morgan fingerprint density at radius 3 is 1.50 bits per heavy atom. The highest BCUT2D eigenvalue weighted by atomic mass is 16.4. The molecule has 0 rings (SSSR count). The second kappa shape index (κ2) is 8.65. The van der Waals surface area contributed by atoms with Gasteiger partial charge in [-0.15, -0.1) is 0 Å². The maximum atomic E-state index is 10.7. The largest absolute Gasteiger partial charge is 0.480 e. The molecule has 0 aromatic carbocycles. The molecule has 0 fully saturated rings. The predicted molar refractivity (Wildman–Crippen MR) is 59.9 cm³/mol. The lowest BCUT2D eigenvalue weighted by Crippen LogP contribution is -2.22. The molecule has 0 spiro atoms. The van der Waals surface area contributed by atoms with Gasteiger partial charge in [0.15, 0.2) is 12.1 Å². The second-order valence-electron chi connectivity index (χ2n) is 3.28. The van der Waals surface area contributed by atoms with Crippen molar-refractivity contribution in [2.45, 2.75) is 24.9 Å². The summed E-state index contributed by atoms with van der Waals surface area (Å²) < 4.78 is 0. The van der Waals surface area contributed by atoms with Crippen LogP contribution in [0.3, 0.4) is 0 Å². The van der Waals surface area contributed by atoms with Gasteiger partial charge in [-0.05, 0) is 0 Å². The third-order valence-corrected chi connectivity index (χ3v) is 1.94. The Morgan fingerprint density at radius 1 is 0.944 bits per heavy atom. The van der Waals surface area contributed by atoms with Crippen molar-refractivity contribution in [1.82, 2.24) is 0 Å². The van der Waals surface area contributed by atoms with E-state index in [-0.39, 0.29) is 25.9 Å². The molecule has 2 unspecified atom stereocenters. The highest BCUT2D eigenvalue weighted by Crippen LogP contribution is 2.05. The van der Waals surface area contributed by atoms with Crippen LogP contribution in [-0.2, 0) is 9.59 Å². The minimum Gasteiger partial charge on any atom is -0.480 e. The van der Waals surface area contributed by atoms with Crippen molar-refractivity contribution in [3.05, 3.63) is 22.8 Å². The van der Waals surface area contributed by atoms with Gasteiger partial charge in [0.2, 0.25) is 13.1 Å². The number of carboxylic acid groups (broad SMARTS) is 2. The molecule has 0 aliphatic heterocycles. The zero-order chi connectivity index (χ0) is 14.0. The van der Waals surface area contributed by atoms with E-state index in [9.17, 15) is 9.59 Å². The summed E-state index contributed by atoms with van der Waals surface area (Å²) in [5.74, 6) is -2.51. The summed E-state index contributed by atoms with van der Waals surface area (Å²) in [6, 6.07) is -2.43. The van der Waals surface area contributed by atoms with Crippen LogP contribution in [0.5, 0.6) is 0 Å². The van der Waals surface area contributed by atoms with Gasteiger partial charge in [-0.1, -0.05) is 0 Å².